The molecule has 1 atom stereocenters. The zero-order valence-corrected chi connectivity index (χ0v) is 11.8. The average Bonchev–Trinajstić information content (AvgIpc) is 2.46. The highest BCUT2D eigenvalue weighted by molar-refractivity contribution is 7.89. The first-order valence-electron chi connectivity index (χ1n) is 6.06. The maximum Gasteiger partial charge on any atom is 0.241 e. The van der Waals surface area contributed by atoms with E-state index in [1.807, 2.05) is 19.1 Å². The second kappa shape index (κ2) is 5.87. The topological polar surface area (TPSA) is 70.0 Å². The SMILES string of the molecule is Cc1ccc(S(=O)(=O)N[C@@H](C#N)c2ccccc2)cc1. The van der Waals surface area contributed by atoms with Crippen molar-refractivity contribution in [3.63, 3.8) is 0 Å². The molecule has 0 saturated carbocycles. The van der Waals surface area contributed by atoms with Crippen molar-refractivity contribution in [1.29, 1.82) is 5.26 Å². The van der Waals surface area contributed by atoms with Crippen LogP contribution in [0.1, 0.15) is 17.2 Å². The molecule has 5 heteroatoms. The molecule has 20 heavy (non-hydrogen) atoms. The molecule has 2 aromatic rings. The molecule has 4 nitrogen and oxygen atoms in total. The third kappa shape index (κ3) is 3.23. The van der Waals surface area contributed by atoms with E-state index in [4.69, 9.17) is 5.26 Å². The number of nitrogens with one attached hydrogen (secondary N) is 1. The minimum atomic E-state index is -3.71. The van der Waals surface area contributed by atoms with E-state index in [1.165, 1.54) is 12.1 Å². The van der Waals surface area contributed by atoms with E-state index in [-0.39, 0.29) is 4.90 Å². The smallest absolute Gasteiger partial charge is 0.207 e. The highest BCUT2D eigenvalue weighted by atomic mass is 32.2. The maximum absolute atomic E-state index is 12.2. The Labute approximate surface area is 118 Å². The Kier molecular flexibility index (Phi) is 4.18. The molecule has 102 valence electrons. The molecule has 0 radical (unpaired) electrons. The summed E-state index contributed by atoms with van der Waals surface area (Å²) >= 11 is 0. The van der Waals surface area contributed by atoms with Gasteiger partial charge in [0.25, 0.3) is 0 Å². The molecule has 0 aromatic heterocycles. The fraction of sp³-hybridized carbons (Fsp3) is 0.133. The Hall–Kier alpha value is -2.16. The summed E-state index contributed by atoms with van der Waals surface area (Å²) in [5.41, 5.74) is 1.59. The first kappa shape index (κ1) is 14.3. The van der Waals surface area contributed by atoms with Crippen LogP contribution in [0.25, 0.3) is 0 Å². The molecule has 1 N–H and O–H groups in total. The zero-order valence-electron chi connectivity index (χ0n) is 10.9. The quantitative estimate of drug-likeness (QED) is 0.939. The molecule has 0 unspecified atom stereocenters. The lowest BCUT2D eigenvalue weighted by Crippen LogP contribution is -2.27. The highest BCUT2D eigenvalue weighted by Crippen LogP contribution is 2.17. The Morgan fingerprint density at radius 1 is 1.05 bits per heavy atom. The van der Waals surface area contributed by atoms with Gasteiger partial charge in [-0.05, 0) is 24.6 Å². The van der Waals surface area contributed by atoms with Crippen molar-refractivity contribution >= 4 is 10.0 Å². The van der Waals surface area contributed by atoms with Gasteiger partial charge >= 0.3 is 0 Å². The van der Waals surface area contributed by atoms with Gasteiger partial charge in [-0.3, -0.25) is 0 Å². The number of nitrogens with zero attached hydrogens (tertiary/aromatic N) is 1. The lowest BCUT2D eigenvalue weighted by atomic mass is 10.1. The van der Waals surface area contributed by atoms with Crippen LogP contribution in [-0.2, 0) is 10.0 Å². The second-order valence-electron chi connectivity index (χ2n) is 4.41. The largest absolute Gasteiger partial charge is 0.241 e. The normalized spacial score (nSPS) is 12.6. The number of nitriles is 1. The van der Waals surface area contributed by atoms with Crippen molar-refractivity contribution in [3.8, 4) is 6.07 Å². The van der Waals surface area contributed by atoms with Gasteiger partial charge in [-0.1, -0.05) is 48.0 Å². The van der Waals surface area contributed by atoms with E-state index >= 15 is 0 Å². The summed E-state index contributed by atoms with van der Waals surface area (Å²) in [5.74, 6) is 0. The monoisotopic (exact) mass is 286 g/mol. The first-order valence-corrected chi connectivity index (χ1v) is 7.55. The van der Waals surface area contributed by atoms with Crippen LogP contribution < -0.4 is 4.72 Å². The molecule has 0 spiro atoms. The van der Waals surface area contributed by atoms with Crippen LogP contribution in [0.2, 0.25) is 0 Å². The Morgan fingerprint density at radius 3 is 2.20 bits per heavy atom. The molecule has 0 fully saturated rings. The second-order valence-corrected chi connectivity index (χ2v) is 6.12. The predicted molar refractivity (Wildman–Crippen MR) is 76.3 cm³/mol. The third-order valence-corrected chi connectivity index (χ3v) is 4.31. The number of hydrogen-bond donors (Lipinski definition) is 1. The minimum Gasteiger partial charge on any atom is -0.207 e. The molecule has 2 aromatic carbocycles. The third-order valence-electron chi connectivity index (χ3n) is 2.87. The molecule has 0 amide bonds. The molecule has 0 aliphatic heterocycles. The fourth-order valence-electron chi connectivity index (χ4n) is 1.76. The molecule has 0 bridgehead atoms. The number of sulfonamides is 1. The van der Waals surface area contributed by atoms with Crippen molar-refractivity contribution in [3.05, 3.63) is 65.7 Å². The molecule has 0 heterocycles. The lowest BCUT2D eigenvalue weighted by molar-refractivity contribution is 0.575. The molecule has 2 rings (SSSR count). The van der Waals surface area contributed by atoms with E-state index in [2.05, 4.69) is 4.72 Å². The van der Waals surface area contributed by atoms with Crippen molar-refractivity contribution in [2.45, 2.75) is 17.9 Å². The molecule has 0 aliphatic rings. The summed E-state index contributed by atoms with van der Waals surface area (Å²) in [6.45, 7) is 1.88. The average molecular weight is 286 g/mol. The Bertz CT molecular complexity index is 717. The predicted octanol–water partition coefficient (Wildman–Crippen LogP) is 2.54. The van der Waals surface area contributed by atoms with Crippen LogP contribution >= 0.6 is 0 Å². The number of hydrogen-bond acceptors (Lipinski definition) is 3. The van der Waals surface area contributed by atoms with Crippen LogP contribution in [0.5, 0.6) is 0 Å². The number of rotatable bonds is 4. The van der Waals surface area contributed by atoms with E-state index in [9.17, 15) is 8.42 Å². The lowest BCUT2D eigenvalue weighted by Gasteiger charge is -2.12. The Morgan fingerprint density at radius 2 is 1.65 bits per heavy atom. The summed E-state index contributed by atoms with van der Waals surface area (Å²) < 4.78 is 26.9. The van der Waals surface area contributed by atoms with Gasteiger partial charge in [-0.15, -0.1) is 0 Å². The molecule has 0 aliphatic carbocycles. The molecular weight excluding hydrogens is 272 g/mol. The highest BCUT2D eigenvalue weighted by Gasteiger charge is 2.20. The van der Waals surface area contributed by atoms with Gasteiger partial charge in [0, 0.05) is 0 Å². The van der Waals surface area contributed by atoms with E-state index in [0.29, 0.717) is 5.56 Å². The Balaban J connectivity index is 2.28. The van der Waals surface area contributed by atoms with Crippen LogP contribution in [0, 0.1) is 18.3 Å². The van der Waals surface area contributed by atoms with Gasteiger partial charge in [-0.2, -0.15) is 9.98 Å². The van der Waals surface area contributed by atoms with Crippen LogP contribution in [0.4, 0.5) is 0 Å². The summed E-state index contributed by atoms with van der Waals surface area (Å²) in [7, 11) is -3.71. The van der Waals surface area contributed by atoms with Crippen molar-refractivity contribution < 1.29 is 8.42 Å². The van der Waals surface area contributed by atoms with Crippen LogP contribution in [0.15, 0.2) is 59.5 Å². The first-order chi connectivity index (χ1) is 9.53. The van der Waals surface area contributed by atoms with Gasteiger partial charge in [-0.25, -0.2) is 8.42 Å². The summed E-state index contributed by atoms with van der Waals surface area (Å²) in [4.78, 5) is 0.152. The van der Waals surface area contributed by atoms with Gasteiger partial charge in [0.05, 0.1) is 11.0 Å². The van der Waals surface area contributed by atoms with Gasteiger partial charge in [0.15, 0.2) is 0 Å². The number of aryl methyl sites for hydroxylation is 1. The van der Waals surface area contributed by atoms with E-state index in [1.54, 1.807) is 36.4 Å². The summed E-state index contributed by atoms with van der Waals surface area (Å²) in [5, 5.41) is 9.16. The van der Waals surface area contributed by atoms with Gasteiger partial charge in [0.2, 0.25) is 10.0 Å². The minimum absolute atomic E-state index is 0.152. The zero-order chi connectivity index (χ0) is 14.6. The summed E-state index contributed by atoms with van der Waals surface area (Å²) in [6, 6.07) is 16.3. The van der Waals surface area contributed by atoms with E-state index in [0.717, 1.165) is 5.56 Å². The summed E-state index contributed by atoms with van der Waals surface area (Å²) in [6.07, 6.45) is 0. The van der Waals surface area contributed by atoms with Crippen molar-refractivity contribution in [1.82, 2.24) is 4.72 Å². The standard InChI is InChI=1S/C15H14N2O2S/c1-12-7-9-14(10-8-12)20(18,19)17-15(11-16)13-5-3-2-4-6-13/h2-10,15,17H,1H3/t15-/m0/s1. The van der Waals surface area contributed by atoms with Crippen LogP contribution in [0.3, 0.4) is 0 Å². The van der Waals surface area contributed by atoms with Crippen molar-refractivity contribution in [2.24, 2.45) is 0 Å². The van der Waals surface area contributed by atoms with Gasteiger partial charge in [0.1, 0.15) is 6.04 Å². The van der Waals surface area contributed by atoms with Crippen LogP contribution in [-0.4, -0.2) is 8.42 Å². The van der Waals surface area contributed by atoms with Gasteiger partial charge < -0.3 is 0 Å². The van der Waals surface area contributed by atoms with E-state index < -0.39 is 16.1 Å². The van der Waals surface area contributed by atoms with Crippen molar-refractivity contribution in [2.75, 3.05) is 0 Å². The fourth-order valence-corrected chi connectivity index (χ4v) is 2.88. The maximum atomic E-state index is 12.2. The number of benzene rings is 2. The molecule has 0 saturated heterocycles. The molecular formula is C15H14N2O2S.